The minimum atomic E-state index is -3.54. The lowest BCUT2D eigenvalue weighted by atomic mass is 10.1. The Labute approximate surface area is 159 Å². The summed E-state index contributed by atoms with van der Waals surface area (Å²) in [5.41, 5.74) is 5.93. The van der Waals surface area contributed by atoms with E-state index in [-0.39, 0.29) is 34.9 Å². The summed E-state index contributed by atoms with van der Waals surface area (Å²) in [6.45, 7) is 3.46. The quantitative estimate of drug-likeness (QED) is 0.600. The number of rotatable bonds is 8. The number of aromatic amines is 1. The number of carbonyl (C=O) groups excluding carboxylic acids is 1. The SMILES string of the molecule is CCCCC(CN)NC(=O)c1cc(S(=O)(=O)N2CCSCC2)c[nH]1.Cl. The van der Waals surface area contributed by atoms with Gasteiger partial charge in [-0.05, 0) is 12.5 Å². The van der Waals surface area contributed by atoms with Gasteiger partial charge >= 0.3 is 0 Å². The fourth-order valence-electron chi connectivity index (χ4n) is 2.55. The first-order valence-electron chi connectivity index (χ1n) is 8.26. The van der Waals surface area contributed by atoms with Crippen molar-refractivity contribution in [1.29, 1.82) is 0 Å². The molecule has 2 heterocycles. The zero-order valence-electron chi connectivity index (χ0n) is 14.4. The molecule has 1 aromatic heterocycles. The van der Waals surface area contributed by atoms with Crippen molar-refractivity contribution in [2.24, 2.45) is 5.73 Å². The van der Waals surface area contributed by atoms with Crippen LogP contribution < -0.4 is 11.1 Å². The van der Waals surface area contributed by atoms with Crippen molar-refractivity contribution >= 4 is 40.1 Å². The summed E-state index contributed by atoms with van der Waals surface area (Å²) in [7, 11) is -3.54. The van der Waals surface area contributed by atoms with Gasteiger partial charge in [0, 0.05) is 43.4 Å². The molecule has 0 aliphatic carbocycles. The van der Waals surface area contributed by atoms with E-state index >= 15 is 0 Å². The molecule has 4 N–H and O–H groups in total. The highest BCUT2D eigenvalue weighted by molar-refractivity contribution is 7.99. The highest BCUT2D eigenvalue weighted by atomic mass is 35.5. The molecule has 1 atom stereocenters. The topological polar surface area (TPSA) is 108 Å². The number of amides is 1. The molecule has 7 nitrogen and oxygen atoms in total. The number of hydrogen-bond donors (Lipinski definition) is 3. The van der Waals surface area contributed by atoms with E-state index in [0.29, 0.717) is 19.6 Å². The number of carbonyl (C=O) groups is 1. The van der Waals surface area contributed by atoms with Crippen molar-refractivity contribution in [3.05, 3.63) is 18.0 Å². The number of H-pyrrole nitrogens is 1. The molecule has 10 heteroatoms. The molecule has 144 valence electrons. The van der Waals surface area contributed by atoms with E-state index in [9.17, 15) is 13.2 Å². The summed E-state index contributed by atoms with van der Waals surface area (Å²) in [6.07, 6.45) is 4.22. The second kappa shape index (κ2) is 10.4. The predicted octanol–water partition coefficient (Wildman–Crippen LogP) is 1.42. The van der Waals surface area contributed by atoms with Crippen LogP contribution in [-0.4, -0.2) is 60.8 Å². The standard InChI is InChI=1S/C15H26N4O3S2.ClH/c1-2-3-4-12(10-16)18-15(20)14-9-13(11-17-14)24(21,22)19-5-7-23-8-6-19;/h9,11-12,17H,2-8,10,16H2,1H3,(H,18,20);1H. The van der Waals surface area contributed by atoms with Gasteiger partial charge in [-0.3, -0.25) is 4.79 Å². The largest absolute Gasteiger partial charge is 0.356 e. The number of nitrogens with zero attached hydrogens (tertiary/aromatic N) is 1. The Bertz CT molecular complexity index is 645. The van der Waals surface area contributed by atoms with Gasteiger partial charge in [0.1, 0.15) is 10.6 Å². The minimum Gasteiger partial charge on any atom is -0.356 e. The zero-order valence-corrected chi connectivity index (χ0v) is 16.8. The van der Waals surface area contributed by atoms with E-state index in [1.807, 2.05) is 0 Å². The molecule has 0 radical (unpaired) electrons. The normalized spacial score (nSPS) is 16.9. The van der Waals surface area contributed by atoms with Gasteiger partial charge in [-0.2, -0.15) is 16.1 Å². The van der Waals surface area contributed by atoms with Gasteiger partial charge in [-0.25, -0.2) is 8.42 Å². The molecular weight excluding hydrogens is 384 g/mol. The molecule has 0 spiro atoms. The third-order valence-corrected chi connectivity index (χ3v) is 6.85. The van der Waals surface area contributed by atoms with Crippen LogP contribution in [0.4, 0.5) is 0 Å². The number of sulfonamides is 1. The Morgan fingerprint density at radius 1 is 1.44 bits per heavy atom. The van der Waals surface area contributed by atoms with Gasteiger partial charge in [0.2, 0.25) is 10.0 Å². The lowest BCUT2D eigenvalue weighted by molar-refractivity contribution is 0.0931. The monoisotopic (exact) mass is 410 g/mol. The van der Waals surface area contributed by atoms with E-state index in [2.05, 4.69) is 17.2 Å². The molecule has 2 rings (SSSR count). The molecule has 0 saturated carbocycles. The van der Waals surface area contributed by atoms with Gasteiger partial charge < -0.3 is 16.0 Å². The number of nitrogens with one attached hydrogen (secondary N) is 2. The lowest BCUT2D eigenvalue weighted by Gasteiger charge is -2.24. The number of nitrogens with two attached hydrogens (primary N) is 1. The third kappa shape index (κ3) is 5.89. The average molecular weight is 411 g/mol. The van der Waals surface area contributed by atoms with Gasteiger partial charge in [-0.15, -0.1) is 12.4 Å². The molecule has 0 bridgehead atoms. The summed E-state index contributed by atoms with van der Waals surface area (Å²) < 4.78 is 26.6. The summed E-state index contributed by atoms with van der Waals surface area (Å²) in [4.78, 5) is 15.2. The highest BCUT2D eigenvalue weighted by Gasteiger charge is 2.28. The summed E-state index contributed by atoms with van der Waals surface area (Å²) in [5.74, 6) is 1.27. The van der Waals surface area contributed by atoms with E-state index in [1.54, 1.807) is 11.8 Å². The van der Waals surface area contributed by atoms with Gasteiger partial charge in [0.05, 0.1) is 0 Å². The maximum absolute atomic E-state index is 12.6. The first-order chi connectivity index (χ1) is 11.5. The average Bonchev–Trinajstić information content (AvgIpc) is 3.10. The van der Waals surface area contributed by atoms with Crippen molar-refractivity contribution in [2.75, 3.05) is 31.1 Å². The molecule has 0 aromatic carbocycles. The molecule has 1 saturated heterocycles. The summed E-state index contributed by atoms with van der Waals surface area (Å²) >= 11 is 1.75. The van der Waals surface area contributed by atoms with Crippen LogP contribution in [0.15, 0.2) is 17.2 Å². The maximum atomic E-state index is 12.6. The highest BCUT2D eigenvalue weighted by Crippen LogP contribution is 2.20. The van der Waals surface area contributed by atoms with E-state index < -0.39 is 10.0 Å². The number of halogens is 1. The lowest BCUT2D eigenvalue weighted by Crippen LogP contribution is -2.40. The number of thioether (sulfide) groups is 1. The number of aromatic nitrogens is 1. The molecule has 1 amide bonds. The predicted molar refractivity (Wildman–Crippen MR) is 104 cm³/mol. The third-order valence-electron chi connectivity index (χ3n) is 4.03. The molecule has 1 aliphatic rings. The van der Waals surface area contributed by atoms with Crippen LogP contribution in [0, 0.1) is 0 Å². The van der Waals surface area contributed by atoms with Crippen LogP contribution >= 0.6 is 24.2 Å². The van der Waals surface area contributed by atoms with Gasteiger partial charge in [0.15, 0.2) is 0 Å². The van der Waals surface area contributed by atoms with Gasteiger partial charge in [-0.1, -0.05) is 19.8 Å². The van der Waals surface area contributed by atoms with Crippen LogP contribution in [0.25, 0.3) is 0 Å². The summed E-state index contributed by atoms with van der Waals surface area (Å²) in [5, 5.41) is 2.86. The second-order valence-electron chi connectivity index (χ2n) is 5.81. The fourth-order valence-corrected chi connectivity index (χ4v) is 5.12. The first-order valence-corrected chi connectivity index (χ1v) is 10.9. The number of unbranched alkanes of at least 4 members (excludes halogenated alkanes) is 1. The smallest absolute Gasteiger partial charge is 0.267 e. The number of hydrogen-bond acceptors (Lipinski definition) is 5. The molecule has 1 aromatic rings. The molecule has 1 unspecified atom stereocenters. The van der Waals surface area contributed by atoms with Crippen LogP contribution in [0.1, 0.15) is 36.7 Å². The fraction of sp³-hybridized carbons (Fsp3) is 0.667. The Kier molecular flexibility index (Phi) is 9.29. The van der Waals surface area contributed by atoms with E-state index in [1.165, 1.54) is 16.6 Å². The Balaban J connectivity index is 0.00000312. The van der Waals surface area contributed by atoms with Crippen molar-refractivity contribution in [1.82, 2.24) is 14.6 Å². The van der Waals surface area contributed by atoms with E-state index in [4.69, 9.17) is 5.73 Å². The van der Waals surface area contributed by atoms with Crippen molar-refractivity contribution < 1.29 is 13.2 Å². The van der Waals surface area contributed by atoms with Gasteiger partial charge in [0.25, 0.3) is 5.91 Å². The van der Waals surface area contributed by atoms with Crippen molar-refractivity contribution in [3.63, 3.8) is 0 Å². The Morgan fingerprint density at radius 2 is 2.12 bits per heavy atom. The Morgan fingerprint density at radius 3 is 2.72 bits per heavy atom. The molecular formula is C15H27ClN4O3S2. The van der Waals surface area contributed by atoms with Crippen LogP contribution in [-0.2, 0) is 10.0 Å². The molecule has 1 fully saturated rings. The maximum Gasteiger partial charge on any atom is 0.267 e. The molecule has 1 aliphatic heterocycles. The zero-order chi connectivity index (χ0) is 17.6. The minimum absolute atomic E-state index is 0. The summed E-state index contributed by atoms with van der Waals surface area (Å²) in [6, 6.07) is 1.31. The van der Waals surface area contributed by atoms with Crippen LogP contribution in [0.5, 0.6) is 0 Å². The van der Waals surface area contributed by atoms with Crippen molar-refractivity contribution in [2.45, 2.75) is 37.1 Å². The van der Waals surface area contributed by atoms with Crippen LogP contribution in [0.2, 0.25) is 0 Å². The second-order valence-corrected chi connectivity index (χ2v) is 8.98. The van der Waals surface area contributed by atoms with Crippen LogP contribution in [0.3, 0.4) is 0 Å². The first kappa shape index (κ1) is 22.3. The Hall–Kier alpha value is -0.740. The molecule has 25 heavy (non-hydrogen) atoms. The van der Waals surface area contributed by atoms with Crippen molar-refractivity contribution in [3.8, 4) is 0 Å². The van der Waals surface area contributed by atoms with E-state index in [0.717, 1.165) is 30.8 Å².